The molecule has 0 bridgehead atoms. The number of carbonyl (C=O) groups excluding carboxylic acids is 1. The molecule has 9 heteroatoms. The van der Waals surface area contributed by atoms with E-state index in [9.17, 15) is 19.5 Å². The molecule has 1 aliphatic rings. The summed E-state index contributed by atoms with van der Waals surface area (Å²) in [6.07, 6.45) is 0.475. The Morgan fingerprint density at radius 2 is 2.11 bits per heavy atom. The van der Waals surface area contributed by atoms with Gasteiger partial charge in [-0.3, -0.25) is 14.3 Å². The first-order valence-electron chi connectivity index (χ1n) is 8.35. The first-order chi connectivity index (χ1) is 12.9. The second-order valence-corrected chi connectivity index (χ2v) is 6.35. The molecule has 0 unspecified atom stereocenters. The van der Waals surface area contributed by atoms with Crippen LogP contribution in [-0.4, -0.2) is 52.7 Å². The SMILES string of the molecule is Cc1cn([C@H]2COC[C@@](CO)(COC(=O)c3ccccc3)O2)c(=O)[nH]c1=O. The molecule has 0 radical (unpaired) electrons. The van der Waals surface area contributed by atoms with Gasteiger partial charge in [-0.25, -0.2) is 9.59 Å². The van der Waals surface area contributed by atoms with E-state index in [1.165, 1.54) is 10.8 Å². The maximum Gasteiger partial charge on any atom is 0.338 e. The Morgan fingerprint density at radius 1 is 1.37 bits per heavy atom. The molecule has 2 atom stereocenters. The maximum atomic E-state index is 12.1. The highest BCUT2D eigenvalue weighted by atomic mass is 16.6. The quantitative estimate of drug-likeness (QED) is 0.704. The van der Waals surface area contributed by atoms with Crippen LogP contribution in [0.3, 0.4) is 0 Å². The van der Waals surface area contributed by atoms with Crippen molar-refractivity contribution >= 4 is 5.97 Å². The van der Waals surface area contributed by atoms with E-state index in [0.717, 1.165) is 0 Å². The van der Waals surface area contributed by atoms with Crippen LogP contribution in [0.25, 0.3) is 0 Å². The molecular formula is C18H20N2O7. The fourth-order valence-corrected chi connectivity index (χ4v) is 2.70. The number of ether oxygens (including phenoxy) is 3. The van der Waals surface area contributed by atoms with Crippen LogP contribution >= 0.6 is 0 Å². The molecule has 0 spiro atoms. The summed E-state index contributed by atoms with van der Waals surface area (Å²) in [5.74, 6) is -0.564. The fraction of sp³-hybridized carbons (Fsp3) is 0.389. The molecular weight excluding hydrogens is 356 g/mol. The number of carbonyl (C=O) groups is 1. The molecule has 1 aromatic carbocycles. The van der Waals surface area contributed by atoms with E-state index in [1.54, 1.807) is 37.3 Å². The van der Waals surface area contributed by atoms with Crippen molar-refractivity contribution in [1.29, 1.82) is 0 Å². The number of aliphatic hydroxyl groups excluding tert-OH is 1. The summed E-state index contributed by atoms with van der Waals surface area (Å²) < 4.78 is 17.8. The van der Waals surface area contributed by atoms with Gasteiger partial charge in [-0.05, 0) is 19.1 Å². The zero-order valence-electron chi connectivity index (χ0n) is 14.7. The van der Waals surface area contributed by atoms with Crippen molar-refractivity contribution in [1.82, 2.24) is 9.55 Å². The molecule has 1 fully saturated rings. The van der Waals surface area contributed by atoms with E-state index in [4.69, 9.17) is 14.2 Å². The zero-order valence-corrected chi connectivity index (χ0v) is 14.7. The number of aromatic nitrogens is 2. The van der Waals surface area contributed by atoms with Crippen molar-refractivity contribution < 1.29 is 24.1 Å². The average molecular weight is 376 g/mol. The third kappa shape index (κ3) is 4.16. The van der Waals surface area contributed by atoms with Gasteiger partial charge in [0.05, 0.1) is 25.4 Å². The van der Waals surface area contributed by atoms with Gasteiger partial charge in [0.15, 0.2) is 11.8 Å². The minimum Gasteiger partial charge on any atom is -0.459 e. The standard InChI is InChI=1S/C18H20N2O7/c1-12-7-20(17(24)19-15(12)22)14-8-25-10-18(9-21,27-14)11-26-16(23)13-5-3-2-4-6-13/h2-7,14,21H,8-11H2,1H3,(H,19,22,24)/t14-,18+/m1/s1. The van der Waals surface area contributed by atoms with Gasteiger partial charge < -0.3 is 19.3 Å². The second kappa shape index (κ2) is 7.87. The summed E-state index contributed by atoms with van der Waals surface area (Å²) in [5, 5.41) is 9.82. The molecule has 0 aliphatic carbocycles. The first-order valence-corrected chi connectivity index (χ1v) is 8.35. The van der Waals surface area contributed by atoms with Gasteiger partial charge in [0.1, 0.15) is 6.61 Å². The van der Waals surface area contributed by atoms with Gasteiger partial charge in [0.25, 0.3) is 5.56 Å². The molecule has 1 saturated heterocycles. The van der Waals surface area contributed by atoms with Gasteiger partial charge in [-0.1, -0.05) is 18.2 Å². The third-order valence-corrected chi connectivity index (χ3v) is 4.23. The van der Waals surface area contributed by atoms with Crippen molar-refractivity contribution in [3.63, 3.8) is 0 Å². The molecule has 2 N–H and O–H groups in total. The highest BCUT2D eigenvalue weighted by Crippen LogP contribution is 2.25. The number of nitrogens with zero attached hydrogens (tertiary/aromatic N) is 1. The van der Waals surface area contributed by atoms with E-state index in [2.05, 4.69) is 4.98 Å². The second-order valence-electron chi connectivity index (χ2n) is 6.35. The summed E-state index contributed by atoms with van der Waals surface area (Å²) in [6.45, 7) is 0.839. The topological polar surface area (TPSA) is 120 Å². The first kappa shape index (κ1) is 19.0. The van der Waals surface area contributed by atoms with Crippen molar-refractivity contribution in [2.24, 2.45) is 0 Å². The smallest absolute Gasteiger partial charge is 0.338 e. The monoisotopic (exact) mass is 376 g/mol. The molecule has 3 rings (SSSR count). The number of aliphatic hydroxyl groups is 1. The Balaban J connectivity index is 1.76. The van der Waals surface area contributed by atoms with E-state index in [0.29, 0.717) is 11.1 Å². The number of aromatic amines is 1. The number of esters is 1. The number of H-pyrrole nitrogens is 1. The van der Waals surface area contributed by atoms with Gasteiger partial charge in [0, 0.05) is 11.8 Å². The van der Waals surface area contributed by atoms with Crippen molar-refractivity contribution in [2.45, 2.75) is 18.8 Å². The minimum atomic E-state index is -1.32. The van der Waals surface area contributed by atoms with Gasteiger partial charge >= 0.3 is 11.7 Å². The number of rotatable bonds is 5. The summed E-state index contributed by atoms with van der Waals surface area (Å²) in [6, 6.07) is 8.41. The fourth-order valence-electron chi connectivity index (χ4n) is 2.70. The van der Waals surface area contributed by atoms with Crippen molar-refractivity contribution in [2.75, 3.05) is 26.4 Å². The zero-order chi connectivity index (χ0) is 19.4. The van der Waals surface area contributed by atoms with Crippen LogP contribution in [-0.2, 0) is 14.2 Å². The molecule has 0 amide bonds. The van der Waals surface area contributed by atoms with E-state index in [1.807, 2.05) is 0 Å². The number of nitrogens with one attached hydrogen (secondary N) is 1. The predicted octanol–water partition coefficient (Wildman–Crippen LogP) is -0.0215. The van der Waals surface area contributed by atoms with Gasteiger partial charge in [-0.2, -0.15) is 0 Å². The number of aryl methyl sites for hydroxylation is 1. The van der Waals surface area contributed by atoms with Crippen LogP contribution in [0.2, 0.25) is 0 Å². The lowest BCUT2D eigenvalue weighted by Gasteiger charge is -2.39. The number of benzene rings is 1. The molecule has 144 valence electrons. The molecule has 1 aliphatic heterocycles. The summed E-state index contributed by atoms with van der Waals surface area (Å²) in [7, 11) is 0. The molecule has 9 nitrogen and oxygen atoms in total. The van der Waals surface area contributed by atoms with E-state index < -0.39 is 35.7 Å². The minimum absolute atomic E-state index is 0.0147. The van der Waals surface area contributed by atoms with Crippen LogP contribution in [0.15, 0.2) is 46.1 Å². The summed E-state index contributed by atoms with van der Waals surface area (Å²) in [4.78, 5) is 37.9. The molecule has 1 aromatic heterocycles. The third-order valence-electron chi connectivity index (χ3n) is 4.23. The average Bonchev–Trinajstić information content (AvgIpc) is 2.69. The predicted molar refractivity (Wildman–Crippen MR) is 93.5 cm³/mol. The van der Waals surface area contributed by atoms with Crippen molar-refractivity contribution in [3.05, 3.63) is 68.5 Å². The van der Waals surface area contributed by atoms with Crippen LogP contribution in [0.5, 0.6) is 0 Å². The van der Waals surface area contributed by atoms with Crippen LogP contribution in [0.1, 0.15) is 22.1 Å². The summed E-state index contributed by atoms with van der Waals surface area (Å²) >= 11 is 0. The van der Waals surface area contributed by atoms with Crippen LogP contribution < -0.4 is 11.2 Å². The highest BCUT2D eigenvalue weighted by Gasteiger charge is 2.40. The number of hydrogen-bond donors (Lipinski definition) is 2. The lowest BCUT2D eigenvalue weighted by Crippen LogP contribution is -2.53. The molecule has 0 saturated carbocycles. The Bertz CT molecular complexity index is 921. The van der Waals surface area contributed by atoms with Crippen LogP contribution in [0.4, 0.5) is 0 Å². The maximum absolute atomic E-state index is 12.1. The largest absolute Gasteiger partial charge is 0.459 e. The summed E-state index contributed by atoms with van der Waals surface area (Å²) in [5.41, 5.74) is -1.77. The molecule has 27 heavy (non-hydrogen) atoms. The molecule has 2 aromatic rings. The van der Waals surface area contributed by atoms with Gasteiger partial charge in [-0.15, -0.1) is 0 Å². The lowest BCUT2D eigenvalue weighted by atomic mass is 10.1. The Morgan fingerprint density at radius 3 is 2.81 bits per heavy atom. The Hall–Kier alpha value is -2.75. The lowest BCUT2D eigenvalue weighted by molar-refractivity contribution is -0.249. The Labute approximate surface area is 154 Å². The van der Waals surface area contributed by atoms with E-state index >= 15 is 0 Å². The Kier molecular flexibility index (Phi) is 5.54. The molecule has 2 heterocycles. The van der Waals surface area contributed by atoms with Gasteiger partial charge in [0.2, 0.25) is 0 Å². The van der Waals surface area contributed by atoms with E-state index in [-0.39, 0.29) is 19.8 Å². The van der Waals surface area contributed by atoms with Crippen molar-refractivity contribution in [3.8, 4) is 0 Å². The highest BCUT2D eigenvalue weighted by molar-refractivity contribution is 5.89. The van der Waals surface area contributed by atoms with Crippen LogP contribution in [0, 0.1) is 6.92 Å². The number of hydrogen-bond acceptors (Lipinski definition) is 7. The normalized spacial score (nSPS) is 22.4.